The molecule has 14 heavy (non-hydrogen) atoms. The smallest absolute Gasteiger partial charge is 0.233 e. The van der Waals surface area contributed by atoms with Gasteiger partial charge in [0.15, 0.2) is 0 Å². The lowest BCUT2D eigenvalue weighted by Gasteiger charge is -2.23. The van der Waals surface area contributed by atoms with Gasteiger partial charge in [0.1, 0.15) is 0 Å². The molecule has 1 fully saturated rings. The van der Waals surface area contributed by atoms with Crippen LogP contribution in [0.25, 0.3) is 0 Å². The highest BCUT2D eigenvalue weighted by Gasteiger charge is 2.22. The third kappa shape index (κ3) is 3.50. The monoisotopic (exact) mass is 217 g/mol. The zero-order chi connectivity index (χ0) is 10.4. The molecule has 1 unspecified atom stereocenters. The first kappa shape index (κ1) is 11.9. The molecule has 0 spiro atoms. The van der Waals surface area contributed by atoms with E-state index in [0.717, 1.165) is 25.0 Å². The fourth-order valence-electron chi connectivity index (χ4n) is 1.52. The molecule has 0 aromatic rings. The fraction of sp³-hybridized carbons (Fsp3) is 0.900. The zero-order valence-electron chi connectivity index (χ0n) is 8.66. The quantitative estimate of drug-likeness (QED) is 0.743. The predicted molar refractivity (Wildman–Crippen MR) is 59.4 cm³/mol. The van der Waals surface area contributed by atoms with Gasteiger partial charge in [-0.25, -0.2) is 0 Å². The van der Waals surface area contributed by atoms with Gasteiger partial charge in [-0.3, -0.25) is 4.79 Å². The van der Waals surface area contributed by atoms with Crippen LogP contribution in [0.15, 0.2) is 0 Å². The number of hydrogen-bond acceptors (Lipinski definition) is 3. The number of hydrogen-bond donors (Lipinski definition) is 2. The Balaban J connectivity index is 2.32. The molecule has 2 N–H and O–H groups in total. The average molecular weight is 217 g/mol. The number of rotatable bonds is 4. The Bertz CT molecular complexity index is 177. The van der Waals surface area contributed by atoms with Gasteiger partial charge in [0, 0.05) is 0 Å². The van der Waals surface area contributed by atoms with Crippen LogP contribution < -0.4 is 5.32 Å². The SMILES string of the molecule is CC[C@H](CO)NC(=O)C1CCCCS1. The number of aliphatic hydroxyl groups is 1. The molecule has 0 bridgehead atoms. The number of carbonyl (C=O) groups is 1. The lowest BCUT2D eigenvalue weighted by atomic mass is 10.1. The van der Waals surface area contributed by atoms with Gasteiger partial charge >= 0.3 is 0 Å². The van der Waals surface area contributed by atoms with E-state index < -0.39 is 0 Å². The Morgan fingerprint density at radius 3 is 2.93 bits per heavy atom. The molecule has 1 aliphatic heterocycles. The van der Waals surface area contributed by atoms with E-state index in [9.17, 15) is 4.79 Å². The summed E-state index contributed by atoms with van der Waals surface area (Å²) in [5, 5.41) is 11.9. The second-order valence-corrected chi connectivity index (χ2v) is 4.96. The second-order valence-electron chi connectivity index (χ2n) is 3.65. The van der Waals surface area contributed by atoms with Crippen LogP contribution in [0.5, 0.6) is 0 Å². The van der Waals surface area contributed by atoms with E-state index in [1.165, 1.54) is 6.42 Å². The van der Waals surface area contributed by atoms with Crippen LogP contribution >= 0.6 is 11.8 Å². The Morgan fingerprint density at radius 2 is 2.43 bits per heavy atom. The molecule has 2 atom stereocenters. The van der Waals surface area contributed by atoms with Gasteiger partial charge in [0.2, 0.25) is 5.91 Å². The Morgan fingerprint density at radius 1 is 1.64 bits per heavy atom. The van der Waals surface area contributed by atoms with Gasteiger partial charge in [0.05, 0.1) is 17.9 Å². The van der Waals surface area contributed by atoms with Crippen LogP contribution in [-0.4, -0.2) is 34.7 Å². The first-order valence-corrected chi connectivity index (χ1v) is 6.35. The lowest BCUT2D eigenvalue weighted by Crippen LogP contribution is -2.42. The molecule has 3 nitrogen and oxygen atoms in total. The van der Waals surface area contributed by atoms with Crippen molar-refractivity contribution in [3.05, 3.63) is 0 Å². The van der Waals surface area contributed by atoms with E-state index in [1.54, 1.807) is 11.8 Å². The minimum Gasteiger partial charge on any atom is -0.394 e. The second kappa shape index (κ2) is 6.30. The summed E-state index contributed by atoms with van der Waals surface area (Å²) in [5.74, 6) is 1.20. The van der Waals surface area contributed by atoms with E-state index in [1.807, 2.05) is 6.92 Å². The Labute approximate surface area is 89.6 Å². The van der Waals surface area contributed by atoms with Crippen molar-refractivity contribution < 1.29 is 9.90 Å². The normalized spacial score (nSPS) is 24.3. The first-order valence-electron chi connectivity index (χ1n) is 5.30. The molecular weight excluding hydrogens is 198 g/mol. The van der Waals surface area contributed by atoms with Crippen LogP contribution in [0.3, 0.4) is 0 Å². The highest BCUT2D eigenvalue weighted by molar-refractivity contribution is 8.00. The molecule has 82 valence electrons. The standard InChI is InChI=1S/C10H19NO2S/c1-2-8(7-12)11-10(13)9-5-3-4-6-14-9/h8-9,12H,2-7H2,1H3,(H,11,13)/t8-,9?/m1/s1. The van der Waals surface area contributed by atoms with Gasteiger partial charge in [-0.2, -0.15) is 0 Å². The molecule has 0 radical (unpaired) electrons. The number of amides is 1. The summed E-state index contributed by atoms with van der Waals surface area (Å²) in [7, 11) is 0. The summed E-state index contributed by atoms with van der Waals surface area (Å²) in [6.07, 6.45) is 4.16. The molecule has 1 saturated heterocycles. The summed E-state index contributed by atoms with van der Waals surface area (Å²) < 4.78 is 0. The highest BCUT2D eigenvalue weighted by Crippen LogP contribution is 2.25. The number of thioether (sulfide) groups is 1. The van der Waals surface area contributed by atoms with Gasteiger partial charge in [-0.1, -0.05) is 13.3 Å². The van der Waals surface area contributed by atoms with E-state index >= 15 is 0 Å². The Kier molecular flexibility index (Phi) is 5.33. The molecule has 1 heterocycles. The van der Waals surface area contributed by atoms with E-state index in [4.69, 9.17) is 5.11 Å². The molecule has 1 rings (SSSR count). The molecular formula is C10H19NO2S. The molecule has 1 amide bonds. The van der Waals surface area contributed by atoms with Crippen LogP contribution in [0.4, 0.5) is 0 Å². The van der Waals surface area contributed by atoms with Crippen molar-refractivity contribution in [1.82, 2.24) is 5.32 Å². The minimum atomic E-state index is -0.0648. The van der Waals surface area contributed by atoms with E-state index in [2.05, 4.69) is 5.32 Å². The molecule has 0 aliphatic carbocycles. The van der Waals surface area contributed by atoms with Crippen LogP contribution in [0.1, 0.15) is 32.6 Å². The summed E-state index contributed by atoms with van der Waals surface area (Å²) in [5.41, 5.74) is 0. The van der Waals surface area contributed by atoms with E-state index in [-0.39, 0.29) is 23.8 Å². The molecule has 0 aromatic carbocycles. The maximum Gasteiger partial charge on any atom is 0.233 e. The van der Waals surface area contributed by atoms with Crippen molar-refractivity contribution in [3.63, 3.8) is 0 Å². The molecule has 0 aromatic heterocycles. The average Bonchev–Trinajstić information content (AvgIpc) is 2.26. The first-order chi connectivity index (χ1) is 6.77. The van der Waals surface area contributed by atoms with Crippen molar-refractivity contribution in [2.24, 2.45) is 0 Å². The minimum absolute atomic E-state index is 0.0413. The third-order valence-electron chi connectivity index (χ3n) is 2.53. The van der Waals surface area contributed by atoms with Gasteiger partial charge < -0.3 is 10.4 Å². The number of nitrogens with one attached hydrogen (secondary N) is 1. The van der Waals surface area contributed by atoms with Crippen LogP contribution in [-0.2, 0) is 4.79 Å². The summed E-state index contributed by atoms with van der Waals surface area (Å²) in [4.78, 5) is 11.7. The molecule has 4 heteroatoms. The van der Waals surface area contributed by atoms with Crippen LogP contribution in [0, 0.1) is 0 Å². The van der Waals surface area contributed by atoms with Crippen molar-refractivity contribution >= 4 is 17.7 Å². The number of carbonyl (C=O) groups excluding carboxylic acids is 1. The topological polar surface area (TPSA) is 49.3 Å². The molecule has 1 aliphatic rings. The Hall–Kier alpha value is -0.220. The molecule has 0 saturated carbocycles. The fourth-order valence-corrected chi connectivity index (χ4v) is 2.73. The summed E-state index contributed by atoms with van der Waals surface area (Å²) >= 11 is 1.74. The number of aliphatic hydroxyl groups excluding tert-OH is 1. The highest BCUT2D eigenvalue weighted by atomic mass is 32.2. The van der Waals surface area contributed by atoms with Crippen molar-refractivity contribution in [2.75, 3.05) is 12.4 Å². The van der Waals surface area contributed by atoms with E-state index in [0.29, 0.717) is 0 Å². The summed E-state index contributed by atoms with van der Waals surface area (Å²) in [6, 6.07) is -0.0648. The predicted octanol–water partition coefficient (Wildman–Crippen LogP) is 1.16. The van der Waals surface area contributed by atoms with Crippen LogP contribution in [0.2, 0.25) is 0 Å². The zero-order valence-corrected chi connectivity index (χ0v) is 9.48. The van der Waals surface area contributed by atoms with Crippen molar-refractivity contribution in [1.29, 1.82) is 0 Å². The maximum absolute atomic E-state index is 11.7. The lowest BCUT2D eigenvalue weighted by molar-refractivity contribution is -0.121. The third-order valence-corrected chi connectivity index (χ3v) is 3.91. The van der Waals surface area contributed by atoms with Gasteiger partial charge in [-0.05, 0) is 25.0 Å². The van der Waals surface area contributed by atoms with Gasteiger partial charge in [-0.15, -0.1) is 11.8 Å². The maximum atomic E-state index is 11.7. The van der Waals surface area contributed by atoms with Crippen molar-refractivity contribution in [3.8, 4) is 0 Å². The largest absolute Gasteiger partial charge is 0.394 e. The van der Waals surface area contributed by atoms with Crippen molar-refractivity contribution in [2.45, 2.75) is 43.9 Å². The summed E-state index contributed by atoms with van der Waals surface area (Å²) in [6.45, 7) is 2.01. The van der Waals surface area contributed by atoms with Gasteiger partial charge in [0.25, 0.3) is 0 Å².